The third-order valence-corrected chi connectivity index (χ3v) is 9.13. The Morgan fingerprint density at radius 1 is 0.400 bits per heavy atom. The predicted molar refractivity (Wildman–Crippen MR) is 168 cm³/mol. The Morgan fingerprint density at radius 3 is 1.65 bits per heavy atom. The Bertz CT molecular complexity index is 1850. The molecule has 0 amide bonds. The molecule has 0 saturated carbocycles. The Hall–Kier alpha value is -4.68. The van der Waals surface area contributed by atoms with Gasteiger partial charge in [-0.15, -0.1) is 0 Å². The first-order valence-electron chi connectivity index (χ1n) is 14.2. The van der Waals surface area contributed by atoms with Crippen LogP contribution < -0.4 is 0 Å². The second-order valence-corrected chi connectivity index (χ2v) is 11.8. The molecule has 6 aromatic carbocycles. The summed E-state index contributed by atoms with van der Waals surface area (Å²) in [5.74, 6) is 0.183. The molecule has 1 atom stereocenters. The zero-order chi connectivity index (χ0) is 26.8. The highest BCUT2D eigenvalue weighted by Crippen LogP contribution is 2.55. The summed E-state index contributed by atoms with van der Waals surface area (Å²) in [7, 11) is 0. The maximum atomic E-state index is 2.53. The molecule has 0 aromatic heterocycles. The number of fused-ring (bicyclic) bond motifs is 6. The highest BCUT2D eigenvalue weighted by atomic mass is 14.4. The summed E-state index contributed by atoms with van der Waals surface area (Å²) in [4.78, 5) is 0. The molecule has 0 fully saturated rings. The van der Waals surface area contributed by atoms with Crippen molar-refractivity contribution in [3.63, 3.8) is 0 Å². The summed E-state index contributed by atoms with van der Waals surface area (Å²) >= 11 is 0. The smallest absolute Gasteiger partial charge is 0.0352 e. The third-order valence-electron chi connectivity index (χ3n) is 9.13. The van der Waals surface area contributed by atoms with E-state index in [1.807, 2.05) is 0 Å². The van der Waals surface area contributed by atoms with Crippen molar-refractivity contribution < 1.29 is 0 Å². The third kappa shape index (κ3) is 3.39. The molecule has 40 heavy (non-hydrogen) atoms. The van der Waals surface area contributed by atoms with Gasteiger partial charge in [0.1, 0.15) is 0 Å². The lowest BCUT2D eigenvalue weighted by Gasteiger charge is -2.23. The second-order valence-electron chi connectivity index (χ2n) is 11.8. The topological polar surface area (TPSA) is 0 Å². The van der Waals surface area contributed by atoms with E-state index in [2.05, 4.69) is 153 Å². The maximum Gasteiger partial charge on any atom is 0.0352 e. The average molecular weight is 511 g/mol. The highest BCUT2D eigenvalue weighted by Gasteiger charge is 2.39. The fourth-order valence-electron chi connectivity index (χ4n) is 7.17. The minimum absolute atomic E-state index is 0.0264. The minimum Gasteiger partial charge on any atom is -0.0622 e. The SMILES string of the molecule is CC1(C)c2ccccc2-c2cc3c(cc21)C(c1cc(-c2ccccc2)cc(-c2ccccc2)c1)c1ccccc1-3. The van der Waals surface area contributed by atoms with Crippen LogP contribution in [0.1, 0.15) is 47.6 Å². The summed E-state index contributed by atoms with van der Waals surface area (Å²) in [5, 5.41) is 0. The van der Waals surface area contributed by atoms with Crippen LogP contribution in [0.15, 0.2) is 140 Å². The van der Waals surface area contributed by atoms with E-state index in [1.165, 1.54) is 72.3 Å². The monoisotopic (exact) mass is 510 g/mol. The van der Waals surface area contributed by atoms with Gasteiger partial charge < -0.3 is 0 Å². The van der Waals surface area contributed by atoms with Crippen LogP contribution in [-0.4, -0.2) is 0 Å². The van der Waals surface area contributed by atoms with Crippen molar-refractivity contribution in [2.24, 2.45) is 0 Å². The van der Waals surface area contributed by atoms with Gasteiger partial charge in [-0.05, 0) is 84.5 Å². The fraction of sp³-hybridized carbons (Fsp3) is 0.100. The van der Waals surface area contributed by atoms with Crippen molar-refractivity contribution in [2.75, 3.05) is 0 Å². The zero-order valence-corrected chi connectivity index (χ0v) is 22.9. The van der Waals surface area contributed by atoms with E-state index in [0.717, 1.165) is 0 Å². The van der Waals surface area contributed by atoms with Gasteiger partial charge in [-0.25, -0.2) is 0 Å². The second kappa shape index (κ2) is 8.66. The van der Waals surface area contributed by atoms with Crippen molar-refractivity contribution >= 4 is 0 Å². The van der Waals surface area contributed by atoms with Gasteiger partial charge in [0, 0.05) is 11.3 Å². The van der Waals surface area contributed by atoms with Gasteiger partial charge in [0.25, 0.3) is 0 Å². The fourth-order valence-corrected chi connectivity index (χ4v) is 7.17. The number of rotatable bonds is 3. The van der Waals surface area contributed by atoms with Crippen LogP contribution in [0.3, 0.4) is 0 Å². The first kappa shape index (κ1) is 23.2. The molecule has 6 aromatic rings. The zero-order valence-electron chi connectivity index (χ0n) is 22.9. The van der Waals surface area contributed by atoms with Gasteiger partial charge in [-0.3, -0.25) is 0 Å². The summed E-state index contributed by atoms with van der Waals surface area (Å²) in [6.45, 7) is 4.76. The lowest BCUT2D eigenvalue weighted by atomic mass is 9.79. The van der Waals surface area contributed by atoms with E-state index < -0.39 is 0 Å². The molecule has 0 aliphatic heterocycles. The maximum absolute atomic E-state index is 2.53. The highest BCUT2D eigenvalue weighted by molar-refractivity contribution is 5.90. The summed E-state index contributed by atoms with van der Waals surface area (Å²) in [6, 6.07) is 51.8. The lowest BCUT2D eigenvalue weighted by Crippen LogP contribution is -2.15. The first-order chi connectivity index (χ1) is 19.6. The summed E-state index contributed by atoms with van der Waals surface area (Å²) in [5.41, 5.74) is 17.5. The van der Waals surface area contributed by atoms with Crippen LogP contribution >= 0.6 is 0 Å². The van der Waals surface area contributed by atoms with E-state index >= 15 is 0 Å². The van der Waals surface area contributed by atoms with Crippen LogP contribution in [0.25, 0.3) is 44.5 Å². The molecule has 1 unspecified atom stereocenters. The predicted octanol–water partition coefficient (Wildman–Crippen LogP) is 10.5. The van der Waals surface area contributed by atoms with Gasteiger partial charge in [-0.1, -0.05) is 141 Å². The number of hydrogen-bond acceptors (Lipinski definition) is 0. The number of hydrogen-bond donors (Lipinski definition) is 0. The Morgan fingerprint density at radius 2 is 0.975 bits per heavy atom. The normalized spacial score (nSPS) is 15.7. The molecule has 0 spiro atoms. The van der Waals surface area contributed by atoms with E-state index in [1.54, 1.807) is 0 Å². The van der Waals surface area contributed by atoms with Gasteiger partial charge in [0.15, 0.2) is 0 Å². The van der Waals surface area contributed by atoms with E-state index in [4.69, 9.17) is 0 Å². The van der Waals surface area contributed by atoms with Gasteiger partial charge in [0.2, 0.25) is 0 Å². The molecule has 2 aliphatic carbocycles. The lowest BCUT2D eigenvalue weighted by molar-refractivity contribution is 0.659. The van der Waals surface area contributed by atoms with Crippen LogP contribution in [0.4, 0.5) is 0 Å². The van der Waals surface area contributed by atoms with Crippen molar-refractivity contribution in [1.29, 1.82) is 0 Å². The average Bonchev–Trinajstić information content (AvgIpc) is 3.45. The molecule has 0 N–H and O–H groups in total. The molecular formula is C40H30. The Kier molecular flexibility index (Phi) is 5.03. The molecule has 0 radical (unpaired) electrons. The summed E-state index contributed by atoms with van der Waals surface area (Å²) in [6.07, 6.45) is 0. The van der Waals surface area contributed by atoms with E-state index in [-0.39, 0.29) is 11.3 Å². The molecule has 0 heterocycles. The van der Waals surface area contributed by atoms with Crippen LogP contribution in [0, 0.1) is 0 Å². The molecule has 0 heteroatoms. The quantitative estimate of drug-likeness (QED) is 0.222. The minimum atomic E-state index is -0.0264. The molecule has 8 rings (SSSR count). The van der Waals surface area contributed by atoms with Crippen molar-refractivity contribution in [3.8, 4) is 44.5 Å². The Labute approximate surface area is 236 Å². The molecule has 0 saturated heterocycles. The van der Waals surface area contributed by atoms with Crippen LogP contribution in [-0.2, 0) is 5.41 Å². The van der Waals surface area contributed by atoms with Gasteiger partial charge >= 0.3 is 0 Å². The molecular weight excluding hydrogens is 480 g/mol. The Balaban J connectivity index is 1.39. The van der Waals surface area contributed by atoms with E-state index in [9.17, 15) is 0 Å². The molecule has 0 bridgehead atoms. The van der Waals surface area contributed by atoms with Crippen LogP contribution in [0.5, 0.6) is 0 Å². The largest absolute Gasteiger partial charge is 0.0622 e. The number of benzene rings is 6. The first-order valence-corrected chi connectivity index (χ1v) is 14.2. The van der Waals surface area contributed by atoms with Gasteiger partial charge in [0.05, 0.1) is 0 Å². The summed E-state index contributed by atoms with van der Waals surface area (Å²) < 4.78 is 0. The van der Waals surface area contributed by atoms with Crippen molar-refractivity contribution in [1.82, 2.24) is 0 Å². The molecule has 2 aliphatic rings. The van der Waals surface area contributed by atoms with Crippen LogP contribution in [0.2, 0.25) is 0 Å². The van der Waals surface area contributed by atoms with Gasteiger partial charge in [-0.2, -0.15) is 0 Å². The molecule has 0 nitrogen and oxygen atoms in total. The molecule has 190 valence electrons. The van der Waals surface area contributed by atoms with Crippen molar-refractivity contribution in [3.05, 3.63) is 167 Å². The standard InChI is InChI=1S/C40H30/c1-40(2)37-20-12-11-18-32(37)35-24-34-31-17-9-10-19-33(31)39(36(34)25-38(35)40)30-22-28(26-13-5-3-6-14-26)21-29(23-30)27-15-7-4-8-16-27/h3-25,39H,1-2H3. The van der Waals surface area contributed by atoms with E-state index in [0.29, 0.717) is 0 Å². The van der Waals surface area contributed by atoms with Crippen molar-refractivity contribution in [2.45, 2.75) is 25.2 Å².